The van der Waals surface area contributed by atoms with Gasteiger partial charge in [-0.1, -0.05) is 36.6 Å². The van der Waals surface area contributed by atoms with E-state index in [9.17, 15) is 9.18 Å². The predicted octanol–water partition coefficient (Wildman–Crippen LogP) is 3.63. The van der Waals surface area contributed by atoms with Crippen LogP contribution in [0.3, 0.4) is 0 Å². The maximum Gasteiger partial charge on any atom is 0.276 e. The van der Waals surface area contributed by atoms with E-state index in [1.54, 1.807) is 6.20 Å². The maximum atomic E-state index is 13.1. The molecule has 26 heavy (non-hydrogen) atoms. The van der Waals surface area contributed by atoms with Gasteiger partial charge in [-0.05, 0) is 42.9 Å². The van der Waals surface area contributed by atoms with Gasteiger partial charge in [0, 0.05) is 25.6 Å². The highest BCUT2D eigenvalue weighted by molar-refractivity contribution is 5.92. The summed E-state index contributed by atoms with van der Waals surface area (Å²) in [6, 6.07) is 6.59. The molecule has 0 N–H and O–H groups in total. The van der Waals surface area contributed by atoms with Crippen LogP contribution in [0.1, 0.15) is 60.5 Å². The van der Waals surface area contributed by atoms with Crippen molar-refractivity contribution in [1.29, 1.82) is 0 Å². The molecule has 1 aromatic heterocycles. The second-order valence-corrected chi connectivity index (χ2v) is 7.62. The topological polar surface area (TPSA) is 51.0 Å². The van der Waals surface area contributed by atoms with Crippen molar-refractivity contribution in [2.45, 2.75) is 51.0 Å². The van der Waals surface area contributed by atoms with Crippen LogP contribution in [0.25, 0.3) is 0 Å². The van der Waals surface area contributed by atoms with Gasteiger partial charge in [0.25, 0.3) is 5.91 Å². The van der Waals surface area contributed by atoms with E-state index in [0.29, 0.717) is 24.7 Å². The molecule has 1 aliphatic carbocycles. The molecule has 0 unspecified atom stereocenters. The highest BCUT2D eigenvalue weighted by Crippen LogP contribution is 2.28. The molecule has 1 aliphatic heterocycles. The molecule has 1 saturated carbocycles. The van der Waals surface area contributed by atoms with Gasteiger partial charge in [0.05, 0.1) is 6.20 Å². The molecule has 5 nitrogen and oxygen atoms in total. The zero-order valence-electron chi connectivity index (χ0n) is 15.0. The average Bonchev–Trinajstić information content (AvgIpc) is 3.33. The van der Waals surface area contributed by atoms with Crippen LogP contribution in [-0.4, -0.2) is 38.9 Å². The Morgan fingerprint density at radius 1 is 1.12 bits per heavy atom. The summed E-state index contributed by atoms with van der Waals surface area (Å²) >= 11 is 0. The maximum absolute atomic E-state index is 13.1. The lowest BCUT2D eigenvalue weighted by Gasteiger charge is -2.20. The van der Waals surface area contributed by atoms with Gasteiger partial charge in [0.1, 0.15) is 5.82 Å². The Morgan fingerprint density at radius 2 is 1.88 bits per heavy atom. The van der Waals surface area contributed by atoms with Crippen molar-refractivity contribution in [3.8, 4) is 0 Å². The summed E-state index contributed by atoms with van der Waals surface area (Å²) in [7, 11) is 0. The standard InChI is InChI=1S/C20H25FN4O/c21-18-8-6-16(7-9-18)17-10-11-24(13-17)20(26)19-14-25(23-22-19)12-15-4-2-1-3-5-15/h6-9,14-15,17H,1-5,10-13H2/t17-/m0/s1. The summed E-state index contributed by atoms with van der Waals surface area (Å²) in [5.41, 5.74) is 1.52. The average molecular weight is 356 g/mol. The summed E-state index contributed by atoms with van der Waals surface area (Å²) in [4.78, 5) is 14.6. The van der Waals surface area contributed by atoms with Crippen LogP contribution in [0.4, 0.5) is 4.39 Å². The van der Waals surface area contributed by atoms with E-state index in [2.05, 4.69) is 10.3 Å². The summed E-state index contributed by atoms with van der Waals surface area (Å²) in [6.45, 7) is 2.22. The number of likely N-dealkylation sites (tertiary alicyclic amines) is 1. The number of amides is 1. The van der Waals surface area contributed by atoms with Crippen molar-refractivity contribution < 1.29 is 9.18 Å². The van der Waals surface area contributed by atoms with Gasteiger partial charge in [-0.2, -0.15) is 0 Å². The van der Waals surface area contributed by atoms with Crippen LogP contribution in [0.2, 0.25) is 0 Å². The Labute approximate surface area is 153 Å². The first-order valence-corrected chi connectivity index (χ1v) is 9.64. The Morgan fingerprint density at radius 3 is 2.65 bits per heavy atom. The zero-order valence-corrected chi connectivity index (χ0v) is 15.0. The van der Waals surface area contributed by atoms with Crippen LogP contribution in [0.5, 0.6) is 0 Å². The fourth-order valence-corrected chi connectivity index (χ4v) is 4.23. The third-order valence-corrected chi connectivity index (χ3v) is 5.74. The summed E-state index contributed by atoms with van der Waals surface area (Å²) in [5, 5.41) is 8.27. The lowest BCUT2D eigenvalue weighted by Crippen LogP contribution is -2.28. The Kier molecular flexibility index (Phi) is 5.00. The quantitative estimate of drug-likeness (QED) is 0.841. The molecule has 1 amide bonds. The van der Waals surface area contributed by atoms with Gasteiger partial charge in [0.15, 0.2) is 5.69 Å². The Hall–Kier alpha value is -2.24. The lowest BCUT2D eigenvalue weighted by atomic mass is 9.89. The molecule has 0 radical (unpaired) electrons. The molecule has 1 saturated heterocycles. The van der Waals surface area contributed by atoms with Crippen molar-refractivity contribution in [2.24, 2.45) is 5.92 Å². The first-order valence-electron chi connectivity index (χ1n) is 9.64. The van der Waals surface area contributed by atoms with E-state index >= 15 is 0 Å². The molecule has 6 heteroatoms. The fourth-order valence-electron chi connectivity index (χ4n) is 4.23. The molecule has 1 aromatic carbocycles. The van der Waals surface area contributed by atoms with Crippen molar-refractivity contribution in [1.82, 2.24) is 19.9 Å². The number of rotatable bonds is 4. The number of aromatic nitrogens is 3. The third-order valence-electron chi connectivity index (χ3n) is 5.74. The molecule has 138 valence electrons. The van der Waals surface area contributed by atoms with Gasteiger partial charge in [0.2, 0.25) is 0 Å². The largest absolute Gasteiger partial charge is 0.337 e. The second kappa shape index (κ2) is 7.56. The van der Waals surface area contributed by atoms with Crippen molar-refractivity contribution in [3.05, 3.63) is 47.5 Å². The molecule has 2 aromatic rings. The van der Waals surface area contributed by atoms with Gasteiger partial charge in [-0.25, -0.2) is 4.39 Å². The van der Waals surface area contributed by atoms with Gasteiger partial charge in [-0.15, -0.1) is 5.10 Å². The summed E-state index contributed by atoms with van der Waals surface area (Å²) < 4.78 is 14.9. The minimum atomic E-state index is -0.228. The van der Waals surface area contributed by atoms with E-state index in [0.717, 1.165) is 18.5 Å². The SMILES string of the molecule is O=C(c1cn(CC2CCCCC2)nn1)N1CC[C@H](c2ccc(F)cc2)C1. The van der Waals surface area contributed by atoms with Gasteiger partial charge < -0.3 is 4.90 Å². The molecule has 2 heterocycles. The van der Waals surface area contributed by atoms with E-state index in [1.165, 1.54) is 44.2 Å². The van der Waals surface area contributed by atoms with Crippen molar-refractivity contribution >= 4 is 5.91 Å². The van der Waals surface area contributed by atoms with E-state index < -0.39 is 0 Å². The van der Waals surface area contributed by atoms with Crippen molar-refractivity contribution in [2.75, 3.05) is 13.1 Å². The molecular weight excluding hydrogens is 331 g/mol. The smallest absolute Gasteiger partial charge is 0.276 e. The first kappa shape index (κ1) is 17.2. The minimum absolute atomic E-state index is 0.0514. The van der Waals surface area contributed by atoms with E-state index in [-0.39, 0.29) is 17.6 Å². The van der Waals surface area contributed by atoms with Gasteiger partial charge in [-0.3, -0.25) is 9.48 Å². The number of hydrogen-bond donors (Lipinski definition) is 0. The third kappa shape index (κ3) is 3.79. The second-order valence-electron chi connectivity index (χ2n) is 7.62. The zero-order chi connectivity index (χ0) is 17.9. The lowest BCUT2D eigenvalue weighted by molar-refractivity contribution is 0.0785. The molecule has 0 spiro atoms. The van der Waals surface area contributed by atoms with Crippen molar-refractivity contribution in [3.63, 3.8) is 0 Å². The number of carbonyl (C=O) groups excluding carboxylic acids is 1. The van der Waals surface area contributed by atoms with E-state index in [4.69, 9.17) is 0 Å². The Balaban J connectivity index is 1.36. The number of benzene rings is 1. The molecule has 1 atom stereocenters. The van der Waals surface area contributed by atoms with Crippen LogP contribution in [0, 0.1) is 11.7 Å². The minimum Gasteiger partial charge on any atom is -0.337 e. The number of hydrogen-bond acceptors (Lipinski definition) is 3. The predicted molar refractivity (Wildman–Crippen MR) is 96.3 cm³/mol. The van der Waals surface area contributed by atoms with Crippen LogP contribution in [-0.2, 0) is 6.54 Å². The highest BCUT2D eigenvalue weighted by atomic mass is 19.1. The molecular formula is C20H25FN4O. The van der Waals surface area contributed by atoms with E-state index in [1.807, 2.05) is 21.7 Å². The van der Waals surface area contributed by atoms with Gasteiger partial charge >= 0.3 is 0 Å². The molecule has 2 aliphatic rings. The molecule has 0 bridgehead atoms. The Bertz CT molecular complexity index is 751. The summed E-state index contributed by atoms with van der Waals surface area (Å²) in [6.07, 6.45) is 9.11. The number of nitrogens with zero attached hydrogens (tertiary/aromatic N) is 4. The summed E-state index contributed by atoms with van der Waals surface area (Å²) in [5.74, 6) is 0.638. The molecule has 4 rings (SSSR count). The monoisotopic (exact) mass is 356 g/mol. The van der Waals surface area contributed by atoms with Crippen LogP contribution in [0.15, 0.2) is 30.5 Å². The van der Waals surface area contributed by atoms with Crippen LogP contribution < -0.4 is 0 Å². The normalized spacial score (nSPS) is 21.3. The highest BCUT2D eigenvalue weighted by Gasteiger charge is 2.29. The number of carbonyl (C=O) groups is 1. The fraction of sp³-hybridized carbons (Fsp3) is 0.550. The molecule has 2 fully saturated rings. The van der Waals surface area contributed by atoms with Crippen LogP contribution >= 0.6 is 0 Å². The first-order chi connectivity index (χ1) is 12.7. The number of halogens is 1.